The van der Waals surface area contributed by atoms with Gasteiger partial charge in [0.2, 0.25) is 0 Å². The molecule has 2 atom stereocenters. The maximum absolute atomic E-state index is 9.83. The molecule has 0 saturated carbocycles. The Hall–Kier alpha value is -3.10. The molecule has 2 aliphatic carbocycles. The summed E-state index contributed by atoms with van der Waals surface area (Å²) in [5.74, 6) is -0.468. The average molecular weight is 301 g/mol. The van der Waals surface area contributed by atoms with Crippen molar-refractivity contribution < 1.29 is 0 Å². The minimum atomic E-state index is -1.57. The van der Waals surface area contributed by atoms with Crippen molar-refractivity contribution in [2.45, 2.75) is 25.2 Å². The molecule has 0 saturated heterocycles. The Kier molecular flexibility index (Phi) is 3.61. The maximum atomic E-state index is 9.83. The summed E-state index contributed by atoms with van der Waals surface area (Å²) in [5, 5.41) is 29.2. The molecule has 1 aromatic rings. The molecule has 0 radical (unpaired) electrons. The van der Waals surface area contributed by atoms with Gasteiger partial charge in [0.15, 0.2) is 5.41 Å². The summed E-state index contributed by atoms with van der Waals surface area (Å²) in [6.07, 6.45) is 8.10. The van der Waals surface area contributed by atoms with Gasteiger partial charge in [-0.3, -0.25) is 4.98 Å². The van der Waals surface area contributed by atoms with Crippen LogP contribution in [0.15, 0.2) is 47.4 Å². The van der Waals surface area contributed by atoms with Crippen molar-refractivity contribution in [1.82, 2.24) is 4.98 Å². The van der Waals surface area contributed by atoms with E-state index in [2.05, 4.69) is 17.1 Å². The molecular formula is C18H15N5. The number of nitriles is 3. The van der Waals surface area contributed by atoms with Crippen LogP contribution < -0.4 is 5.73 Å². The van der Waals surface area contributed by atoms with Crippen LogP contribution in [0.25, 0.3) is 0 Å². The largest absolute Gasteiger partial charge is 0.398 e. The summed E-state index contributed by atoms with van der Waals surface area (Å²) in [6.45, 7) is 0. The molecule has 2 aliphatic rings. The average Bonchev–Trinajstić information content (AvgIpc) is 2.62. The molecule has 2 N–H and O–H groups in total. The number of allylic oxidation sites excluding steroid dienone is 3. The smallest absolute Gasteiger partial charge is 0.187 e. The molecule has 0 fully saturated rings. The fourth-order valence-electron chi connectivity index (χ4n) is 3.84. The third-order valence-corrected chi connectivity index (χ3v) is 4.83. The standard InChI is InChI=1S/C18H15N5/c19-8-15-17(22)14-6-2-1-5-13(14)16(18(15,10-20)11-21)12-4-3-7-23-9-12/h3-4,6-7,9,13,16H,1-2,5,22H2/t13-,16+/m1/s1. The first-order valence-corrected chi connectivity index (χ1v) is 7.52. The molecule has 3 rings (SSSR count). The normalized spacial score (nSPS) is 25.3. The fraction of sp³-hybridized carbons (Fsp3) is 0.333. The van der Waals surface area contributed by atoms with Gasteiger partial charge in [-0.25, -0.2) is 0 Å². The molecule has 0 bridgehead atoms. The number of aromatic nitrogens is 1. The SMILES string of the molecule is N#CC1=C(N)C2=CCCC[C@H]2[C@H](c2cccnc2)C1(C#N)C#N. The molecular weight excluding hydrogens is 286 g/mol. The van der Waals surface area contributed by atoms with E-state index < -0.39 is 11.3 Å². The predicted octanol–water partition coefficient (Wildman–Crippen LogP) is 2.68. The highest BCUT2D eigenvalue weighted by Crippen LogP contribution is 2.55. The summed E-state index contributed by atoms with van der Waals surface area (Å²) >= 11 is 0. The Morgan fingerprint density at radius 2 is 2.04 bits per heavy atom. The van der Waals surface area contributed by atoms with Crippen LogP contribution in [0.3, 0.4) is 0 Å². The highest BCUT2D eigenvalue weighted by Gasteiger charge is 2.54. The summed E-state index contributed by atoms with van der Waals surface area (Å²) in [5.41, 5.74) is 6.70. The van der Waals surface area contributed by atoms with E-state index >= 15 is 0 Å². The number of pyridine rings is 1. The number of rotatable bonds is 1. The molecule has 23 heavy (non-hydrogen) atoms. The number of hydrogen-bond donors (Lipinski definition) is 1. The second kappa shape index (κ2) is 5.59. The number of nitrogens with two attached hydrogens (primary N) is 1. The number of nitrogens with zero attached hydrogens (tertiary/aromatic N) is 4. The minimum absolute atomic E-state index is 0.0376. The van der Waals surface area contributed by atoms with Crippen LogP contribution in [0, 0.1) is 45.3 Å². The number of hydrogen-bond acceptors (Lipinski definition) is 5. The highest BCUT2D eigenvalue weighted by molar-refractivity contribution is 5.58. The van der Waals surface area contributed by atoms with E-state index in [0.717, 1.165) is 30.4 Å². The van der Waals surface area contributed by atoms with E-state index in [1.165, 1.54) is 0 Å². The molecule has 5 nitrogen and oxygen atoms in total. The summed E-state index contributed by atoms with van der Waals surface area (Å²) in [7, 11) is 0. The summed E-state index contributed by atoms with van der Waals surface area (Å²) in [6, 6.07) is 9.89. The van der Waals surface area contributed by atoms with Crippen LogP contribution in [0.5, 0.6) is 0 Å². The first kappa shape index (κ1) is 14.8. The van der Waals surface area contributed by atoms with Crippen LogP contribution in [0.2, 0.25) is 0 Å². The third kappa shape index (κ3) is 2.00. The van der Waals surface area contributed by atoms with Crippen molar-refractivity contribution in [2.75, 3.05) is 0 Å². The lowest BCUT2D eigenvalue weighted by Gasteiger charge is -2.43. The fourth-order valence-corrected chi connectivity index (χ4v) is 3.84. The van der Waals surface area contributed by atoms with Crippen LogP contribution in [0.1, 0.15) is 30.7 Å². The molecule has 1 aromatic heterocycles. The van der Waals surface area contributed by atoms with Gasteiger partial charge in [-0.05, 0) is 42.4 Å². The van der Waals surface area contributed by atoms with Crippen LogP contribution in [-0.2, 0) is 0 Å². The molecule has 0 spiro atoms. The van der Waals surface area contributed by atoms with Crippen molar-refractivity contribution >= 4 is 0 Å². The van der Waals surface area contributed by atoms with Crippen molar-refractivity contribution in [3.63, 3.8) is 0 Å². The zero-order valence-corrected chi connectivity index (χ0v) is 12.5. The molecule has 0 amide bonds. The zero-order valence-electron chi connectivity index (χ0n) is 12.5. The van der Waals surface area contributed by atoms with Gasteiger partial charge in [0.25, 0.3) is 0 Å². The maximum Gasteiger partial charge on any atom is 0.187 e. The van der Waals surface area contributed by atoms with Crippen LogP contribution >= 0.6 is 0 Å². The Bertz CT molecular complexity index is 800. The Labute approximate surface area is 135 Å². The predicted molar refractivity (Wildman–Crippen MR) is 82.9 cm³/mol. The third-order valence-electron chi connectivity index (χ3n) is 4.83. The highest BCUT2D eigenvalue weighted by atomic mass is 14.7. The van der Waals surface area contributed by atoms with Gasteiger partial charge in [0.1, 0.15) is 0 Å². The molecule has 1 heterocycles. The first-order chi connectivity index (χ1) is 11.2. The van der Waals surface area contributed by atoms with E-state index in [1.807, 2.05) is 18.2 Å². The van der Waals surface area contributed by atoms with Gasteiger partial charge in [0.05, 0.1) is 29.5 Å². The summed E-state index contributed by atoms with van der Waals surface area (Å²) in [4.78, 5) is 4.13. The minimum Gasteiger partial charge on any atom is -0.398 e. The van der Waals surface area contributed by atoms with Crippen LogP contribution in [0.4, 0.5) is 0 Å². The van der Waals surface area contributed by atoms with Gasteiger partial charge in [0, 0.05) is 18.3 Å². The molecule has 0 aromatic carbocycles. The van der Waals surface area contributed by atoms with Gasteiger partial charge in [-0.1, -0.05) is 12.1 Å². The lowest BCUT2D eigenvalue weighted by atomic mass is 9.56. The van der Waals surface area contributed by atoms with E-state index in [-0.39, 0.29) is 11.5 Å². The van der Waals surface area contributed by atoms with Crippen LogP contribution in [-0.4, -0.2) is 4.98 Å². The van der Waals surface area contributed by atoms with Gasteiger partial charge in [-0.15, -0.1) is 0 Å². The Balaban J connectivity index is 2.34. The first-order valence-electron chi connectivity index (χ1n) is 7.52. The molecule has 0 aliphatic heterocycles. The van der Waals surface area contributed by atoms with E-state index in [0.29, 0.717) is 5.70 Å². The van der Waals surface area contributed by atoms with E-state index in [1.54, 1.807) is 18.5 Å². The van der Waals surface area contributed by atoms with E-state index in [9.17, 15) is 15.8 Å². The summed E-state index contributed by atoms with van der Waals surface area (Å²) < 4.78 is 0. The van der Waals surface area contributed by atoms with Gasteiger partial charge >= 0.3 is 0 Å². The molecule has 112 valence electrons. The topological polar surface area (TPSA) is 110 Å². The monoisotopic (exact) mass is 301 g/mol. The van der Waals surface area contributed by atoms with Crippen molar-refractivity contribution in [2.24, 2.45) is 17.1 Å². The quantitative estimate of drug-likeness (QED) is 0.857. The lowest BCUT2D eigenvalue weighted by Crippen LogP contribution is -2.41. The van der Waals surface area contributed by atoms with Gasteiger partial charge < -0.3 is 5.73 Å². The van der Waals surface area contributed by atoms with Crippen molar-refractivity contribution in [1.29, 1.82) is 15.8 Å². The second-order valence-corrected chi connectivity index (χ2v) is 5.89. The Morgan fingerprint density at radius 3 is 2.65 bits per heavy atom. The van der Waals surface area contributed by atoms with Crippen molar-refractivity contribution in [3.8, 4) is 18.2 Å². The molecule has 0 unspecified atom stereocenters. The second-order valence-electron chi connectivity index (χ2n) is 5.89. The Morgan fingerprint density at radius 1 is 1.26 bits per heavy atom. The zero-order chi connectivity index (χ0) is 16.4. The van der Waals surface area contributed by atoms with Crippen molar-refractivity contribution in [3.05, 3.63) is 53.0 Å². The number of fused-ring (bicyclic) bond motifs is 1. The molecule has 5 heteroatoms. The van der Waals surface area contributed by atoms with Gasteiger partial charge in [-0.2, -0.15) is 15.8 Å². The van der Waals surface area contributed by atoms with E-state index in [4.69, 9.17) is 5.73 Å². The lowest BCUT2D eigenvalue weighted by molar-refractivity contribution is 0.321.